The first-order chi connectivity index (χ1) is 15.4. The number of rotatable bonds is 6. The zero-order valence-electron chi connectivity index (χ0n) is 16.5. The highest BCUT2D eigenvalue weighted by Gasteiger charge is 2.24. The van der Waals surface area contributed by atoms with Gasteiger partial charge in [-0.05, 0) is 29.8 Å². The highest BCUT2D eigenvalue weighted by Crippen LogP contribution is 2.32. The van der Waals surface area contributed by atoms with Crippen molar-refractivity contribution in [2.75, 3.05) is 23.5 Å². The van der Waals surface area contributed by atoms with Crippen LogP contribution in [0.1, 0.15) is 11.1 Å². The molecule has 2 N–H and O–H groups in total. The van der Waals surface area contributed by atoms with Gasteiger partial charge in [0, 0.05) is 11.6 Å². The fourth-order valence-electron chi connectivity index (χ4n) is 3.26. The molecule has 1 aromatic heterocycles. The minimum atomic E-state index is -0.779. The standard InChI is InChI=1S/C21H17ClF2N4O4/c22-19-20(32-9-13-2-3-14(23)6-15(13)24)26-10-27(21(19)31)7-12-1-4-17-16(5-12)25-11-28(17)18(30)8-29/h1-6,10,25,29H,7-9,11H2. The van der Waals surface area contributed by atoms with E-state index in [9.17, 15) is 18.4 Å². The maximum atomic E-state index is 13.7. The summed E-state index contributed by atoms with van der Waals surface area (Å²) in [6, 6.07) is 8.30. The number of hydrogen-bond acceptors (Lipinski definition) is 6. The summed E-state index contributed by atoms with van der Waals surface area (Å²) in [5, 5.41) is 11.8. The highest BCUT2D eigenvalue weighted by atomic mass is 35.5. The Morgan fingerprint density at radius 1 is 1.25 bits per heavy atom. The number of aromatic nitrogens is 2. The van der Waals surface area contributed by atoms with Crippen molar-refractivity contribution in [3.05, 3.63) is 80.9 Å². The molecule has 0 bridgehead atoms. The Balaban J connectivity index is 1.49. The molecule has 2 heterocycles. The maximum Gasteiger partial charge on any atom is 0.276 e. The minimum absolute atomic E-state index is 0.0906. The van der Waals surface area contributed by atoms with Gasteiger partial charge < -0.3 is 15.2 Å². The Morgan fingerprint density at radius 2 is 2.06 bits per heavy atom. The fraction of sp³-hybridized carbons (Fsp3) is 0.190. The summed E-state index contributed by atoms with van der Waals surface area (Å²) in [5.41, 5.74) is 1.61. The summed E-state index contributed by atoms with van der Waals surface area (Å²) >= 11 is 6.10. The molecule has 0 saturated heterocycles. The molecule has 11 heteroatoms. The Kier molecular flexibility index (Phi) is 6.06. The van der Waals surface area contributed by atoms with Crippen LogP contribution >= 0.6 is 11.6 Å². The summed E-state index contributed by atoms with van der Waals surface area (Å²) in [4.78, 5) is 29.8. The number of ether oxygens (including phenoxy) is 1. The first-order valence-electron chi connectivity index (χ1n) is 9.47. The summed E-state index contributed by atoms with van der Waals surface area (Å²) in [6.45, 7) is -0.472. The second kappa shape index (κ2) is 8.93. The van der Waals surface area contributed by atoms with Crippen molar-refractivity contribution in [1.29, 1.82) is 0 Å². The van der Waals surface area contributed by atoms with Gasteiger partial charge in [-0.2, -0.15) is 0 Å². The van der Waals surface area contributed by atoms with Crippen LogP contribution in [0, 0.1) is 11.6 Å². The van der Waals surface area contributed by atoms with E-state index in [4.69, 9.17) is 21.4 Å². The number of nitrogens with one attached hydrogen (secondary N) is 1. The lowest BCUT2D eigenvalue weighted by Crippen LogP contribution is -2.32. The number of halogens is 3. The molecule has 0 unspecified atom stereocenters. The summed E-state index contributed by atoms with van der Waals surface area (Å²) in [7, 11) is 0. The first kappa shape index (κ1) is 21.7. The van der Waals surface area contributed by atoms with Crippen molar-refractivity contribution < 1.29 is 23.4 Å². The van der Waals surface area contributed by atoms with E-state index in [1.807, 2.05) is 0 Å². The van der Waals surface area contributed by atoms with Crippen LogP contribution in [0.25, 0.3) is 0 Å². The SMILES string of the molecule is O=C(CO)N1CNc2cc(Cn3cnc(OCc4ccc(F)cc4F)c(Cl)c3=O)ccc21. The molecule has 0 saturated carbocycles. The zero-order chi connectivity index (χ0) is 22.8. The predicted octanol–water partition coefficient (Wildman–Crippen LogP) is 2.51. The molecule has 1 aliphatic heterocycles. The van der Waals surface area contributed by atoms with Gasteiger partial charge in [-0.1, -0.05) is 17.7 Å². The highest BCUT2D eigenvalue weighted by molar-refractivity contribution is 6.31. The molecular formula is C21H17ClF2N4O4. The number of carbonyl (C=O) groups is 1. The lowest BCUT2D eigenvalue weighted by molar-refractivity contribution is -0.121. The molecule has 0 atom stereocenters. The van der Waals surface area contributed by atoms with Crippen molar-refractivity contribution in [3.63, 3.8) is 0 Å². The van der Waals surface area contributed by atoms with Crippen LogP contribution in [0.15, 0.2) is 47.5 Å². The number of aliphatic hydroxyl groups is 1. The van der Waals surface area contributed by atoms with Crippen LogP contribution in [0.4, 0.5) is 20.2 Å². The van der Waals surface area contributed by atoms with Crippen LogP contribution in [0.3, 0.4) is 0 Å². The first-order valence-corrected chi connectivity index (χ1v) is 9.85. The summed E-state index contributed by atoms with van der Waals surface area (Å²) in [6.07, 6.45) is 1.26. The average molecular weight is 463 g/mol. The van der Waals surface area contributed by atoms with Gasteiger partial charge in [-0.3, -0.25) is 19.1 Å². The third-order valence-electron chi connectivity index (χ3n) is 4.90. The van der Waals surface area contributed by atoms with E-state index >= 15 is 0 Å². The second-order valence-corrected chi connectivity index (χ2v) is 7.37. The number of anilines is 2. The van der Waals surface area contributed by atoms with E-state index < -0.39 is 29.7 Å². The molecule has 0 aliphatic carbocycles. The molecular weight excluding hydrogens is 446 g/mol. The minimum Gasteiger partial charge on any atom is -0.471 e. The number of nitrogens with zero attached hydrogens (tertiary/aromatic N) is 3. The third-order valence-corrected chi connectivity index (χ3v) is 5.22. The Labute approximate surface area is 185 Å². The molecule has 0 radical (unpaired) electrons. The second-order valence-electron chi connectivity index (χ2n) is 6.99. The number of hydrogen-bond donors (Lipinski definition) is 2. The molecule has 0 fully saturated rings. The van der Waals surface area contributed by atoms with Crippen molar-refractivity contribution in [3.8, 4) is 5.88 Å². The van der Waals surface area contributed by atoms with E-state index in [-0.39, 0.29) is 36.3 Å². The molecule has 4 rings (SSSR count). The number of fused-ring (bicyclic) bond motifs is 1. The number of aliphatic hydroxyl groups excluding tert-OH is 1. The van der Waals surface area contributed by atoms with Crippen molar-refractivity contribution in [2.45, 2.75) is 13.2 Å². The summed E-state index contributed by atoms with van der Waals surface area (Å²) in [5.74, 6) is -2.07. The van der Waals surface area contributed by atoms with Gasteiger partial charge in [-0.15, -0.1) is 0 Å². The predicted molar refractivity (Wildman–Crippen MR) is 113 cm³/mol. The van der Waals surface area contributed by atoms with E-state index in [2.05, 4.69) is 10.3 Å². The molecule has 1 aliphatic rings. The van der Waals surface area contributed by atoms with Gasteiger partial charge in [-0.25, -0.2) is 13.8 Å². The van der Waals surface area contributed by atoms with Crippen LogP contribution < -0.4 is 20.5 Å². The molecule has 8 nitrogen and oxygen atoms in total. The van der Waals surface area contributed by atoms with E-state index in [0.29, 0.717) is 11.4 Å². The summed E-state index contributed by atoms with van der Waals surface area (Å²) < 4.78 is 33.4. The van der Waals surface area contributed by atoms with Crippen LogP contribution in [0.5, 0.6) is 5.88 Å². The largest absolute Gasteiger partial charge is 0.471 e. The molecule has 32 heavy (non-hydrogen) atoms. The van der Waals surface area contributed by atoms with Gasteiger partial charge in [0.05, 0.1) is 24.6 Å². The smallest absolute Gasteiger partial charge is 0.276 e. The third kappa shape index (κ3) is 4.27. The monoisotopic (exact) mass is 462 g/mol. The van der Waals surface area contributed by atoms with Crippen LogP contribution in [0.2, 0.25) is 5.02 Å². The number of benzene rings is 2. The van der Waals surface area contributed by atoms with Gasteiger partial charge >= 0.3 is 0 Å². The van der Waals surface area contributed by atoms with Crippen molar-refractivity contribution >= 4 is 28.9 Å². The molecule has 2 aromatic carbocycles. The van der Waals surface area contributed by atoms with Crippen molar-refractivity contribution in [2.24, 2.45) is 0 Å². The van der Waals surface area contributed by atoms with E-state index in [1.54, 1.807) is 18.2 Å². The Morgan fingerprint density at radius 3 is 2.81 bits per heavy atom. The van der Waals surface area contributed by atoms with Crippen LogP contribution in [-0.2, 0) is 17.9 Å². The lowest BCUT2D eigenvalue weighted by atomic mass is 10.1. The maximum absolute atomic E-state index is 13.7. The van der Waals surface area contributed by atoms with Gasteiger partial charge in [0.2, 0.25) is 5.88 Å². The van der Waals surface area contributed by atoms with Crippen LogP contribution in [-0.4, -0.2) is 33.8 Å². The molecule has 0 spiro atoms. The quantitative estimate of drug-likeness (QED) is 0.584. The number of carbonyl (C=O) groups excluding carboxylic acids is 1. The molecule has 166 valence electrons. The Bertz CT molecular complexity index is 1250. The zero-order valence-corrected chi connectivity index (χ0v) is 17.3. The Hall–Kier alpha value is -3.50. The average Bonchev–Trinajstić information content (AvgIpc) is 3.20. The normalized spacial score (nSPS) is 12.4. The van der Waals surface area contributed by atoms with Gasteiger partial charge in [0.1, 0.15) is 31.2 Å². The topological polar surface area (TPSA) is 96.7 Å². The van der Waals surface area contributed by atoms with Gasteiger partial charge in [0.25, 0.3) is 11.5 Å². The van der Waals surface area contributed by atoms with E-state index in [0.717, 1.165) is 17.7 Å². The number of amides is 1. The lowest BCUT2D eigenvalue weighted by Gasteiger charge is -2.14. The molecule has 1 amide bonds. The fourth-order valence-corrected chi connectivity index (χ4v) is 3.47. The molecule has 3 aromatic rings. The van der Waals surface area contributed by atoms with Crippen molar-refractivity contribution in [1.82, 2.24) is 9.55 Å². The van der Waals surface area contributed by atoms with Gasteiger partial charge in [0.15, 0.2) is 5.02 Å². The van der Waals surface area contributed by atoms with E-state index in [1.165, 1.54) is 21.9 Å².